The van der Waals surface area contributed by atoms with Gasteiger partial charge in [0.1, 0.15) is 6.07 Å². The largest absolute Gasteiger partial charge is 0.309 e. The van der Waals surface area contributed by atoms with E-state index in [2.05, 4.69) is 130 Å². The number of hydrogen-bond acceptors (Lipinski definition) is 2. The molecular weight excluding hydrogens is 585 g/mol. The highest BCUT2D eigenvalue weighted by atomic mass is 15.0. The lowest BCUT2D eigenvalue weighted by Crippen LogP contribution is -2.02. The van der Waals surface area contributed by atoms with E-state index in [0.29, 0.717) is 11.1 Å². The van der Waals surface area contributed by atoms with Gasteiger partial charge in [-0.15, -0.1) is 0 Å². The SMILES string of the molecule is N#Cc1ccccc1-c1cc(-c2cccc(C#N)c2-n2c3ccccc3c3ccccc32)cc(-n2c3ccccc3c3ccccc32)c1. The lowest BCUT2D eigenvalue weighted by Gasteiger charge is -2.18. The number of nitriles is 2. The monoisotopic (exact) mass is 610 g/mol. The van der Waals surface area contributed by atoms with E-state index in [4.69, 9.17) is 0 Å². The molecule has 0 aliphatic heterocycles. The first-order chi connectivity index (χ1) is 23.7. The van der Waals surface area contributed by atoms with E-state index in [0.717, 1.165) is 66.5 Å². The third-order valence-corrected chi connectivity index (χ3v) is 9.39. The predicted octanol–water partition coefficient (Wildman–Crippen LogP) is 11.0. The molecular formula is C44H26N4. The molecule has 222 valence electrons. The zero-order valence-corrected chi connectivity index (χ0v) is 25.8. The number of fused-ring (bicyclic) bond motifs is 6. The van der Waals surface area contributed by atoms with E-state index in [1.165, 1.54) is 10.8 Å². The Balaban J connectivity index is 1.41. The Labute approximate surface area is 277 Å². The van der Waals surface area contributed by atoms with E-state index in [-0.39, 0.29) is 0 Å². The molecule has 0 bridgehead atoms. The second-order valence-corrected chi connectivity index (χ2v) is 12.0. The van der Waals surface area contributed by atoms with Gasteiger partial charge in [0, 0.05) is 32.8 Å². The van der Waals surface area contributed by atoms with Crippen LogP contribution in [0.5, 0.6) is 0 Å². The van der Waals surface area contributed by atoms with Crippen molar-refractivity contribution in [3.63, 3.8) is 0 Å². The summed E-state index contributed by atoms with van der Waals surface area (Å²) in [5.41, 5.74) is 10.9. The number of nitrogens with zero attached hydrogens (tertiary/aromatic N) is 4. The molecule has 0 spiro atoms. The molecule has 2 aromatic heterocycles. The smallest absolute Gasteiger partial charge is 0.101 e. The third-order valence-electron chi connectivity index (χ3n) is 9.39. The first-order valence-electron chi connectivity index (χ1n) is 15.9. The summed E-state index contributed by atoms with van der Waals surface area (Å²) in [7, 11) is 0. The molecule has 0 atom stereocenters. The first-order valence-corrected chi connectivity index (χ1v) is 15.9. The number of rotatable bonds is 4. The quantitative estimate of drug-likeness (QED) is 0.199. The first kappa shape index (κ1) is 27.4. The van der Waals surface area contributed by atoms with Crippen LogP contribution in [0.25, 0.3) is 77.2 Å². The highest BCUT2D eigenvalue weighted by Gasteiger charge is 2.21. The fourth-order valence-electron chi connectivity index (χ4n) is 7.36. The van der Waals surface area contributed by atoms with Crippen LogP contribution >= 0.6 is 0 Å². The zero-order chi connectivity index (χ0) is 32.2. The van der Waals surface area contributed by atoms with Crippen molar-refractivity contribution in [2.24, 2.45) is 0 Å². The van der Waals surface area contributed by atoms with Gasteiger partial charge in [-0.3, -0.25) is 0 Å². The number of para-hydroxylation sites is 5. The molecule has 9 rings (SSSR count). The van der Waals surface area contributed by atoms with Crippen LogP contribution in [0.4, 0.5) is 0 Å². The summed E-state index contributed by atoms with van der Waals surface area (Å²) in [4.78, 5) is 0. The van der Waals surface area contributed by atoms with Crippen molar-refractivity contribution in [1.29, 1.82) is 10.5 Å². The molecule has 4 nitrogen and oxygen atoms in total. The predicted molar refractivity (Wildman–Crippen MR) is 195 cm³/mol. The van der Waals surface area contributed by atoms with Crippen molar-refractivity contribution >= 4 is 43.6 Å². The van der Waals surface area contributed by atoms with Gasteiger partial charge in [-0.2, -0.15) is 10.5 Å². The van der Waals surface area contributed by atoms with Crippen LogP contribution in [0.3, 0.4) is 0 Å². The summed E-state index contributed by atoms with van der Waals surface area (Å²) in [6.45, 7) is 0. The minimum atomic E-state index is 0.584. The molecule has 0 aliphatic carbocycles. The van der Waals surface area contributed by atoms with Gasteiger partial charge in [0.25, 0.3) is 0 Å². The maximum atomic E-state index is 10.6. The van der Waals surface area contributed by atoms with Gasteiger partial charge in [-0.05, 0) is 71.3 Å². The van der Waals surface area contributed by atoms with E-state index in [1.807, 2.05) is 48.5 Å². The van der Waals surface area contributed by atoms with Gasteiger partial charge in [-0.25, -0.2) is 0 Å². The Hall–Kier alpha value is -6.88. The van der Waals surface area contributed by atoms with E-state index in [9.17, 15) is 10.5 Å². The third kappa shape index (κ3) is 4.07. The number of hydrogen-bond donors (Lipinski definition) is 0. The van der Waals surface area contributed by atoms with Gasteiger partial charge in [0.15, 0.2) is 0 Å². The van der Waals surface area contributed by atoms with Crippen LogP contribution in [-0.4, -0.2) is 9.13 Å². The normalized spacial score (nSPS) is 11.3. The molecule has 0 unspecified atom stereocenters. The van der Waals surface area contributed by atoms with Gasteiger partial charge in [0.2, 0.25) is 0 Å². The molecule has 0 saturated heterocycles. The Morgan fingerprint density at radius 2 is 0.792 bits per heavy atom. The summed E-state index contributed by atoms with van der Waals surface area (Å²) < 4.78 is 4.54. The lowest BCUT2D eigenvalue weighted by molar-refractivity contribution is 1.16. The summed E-state index contributed by atoms with van der Waals surface area (Å²) in [6.07, 6.45) is 0. The molecule has 0 N–H and O–H groups in total. The van der Waals surface area contributed by atoms with Gasteiger partial charge in [0.05, 0.1) is 45.0 Å². The van der Waals surface area contributed by atoms with Crippen LogP contribution < -0.4 is 0 Å². The fraction of sp³-hybridized carbons (Fsp3) is 0. The molecule has 0 saturated carbocycles. The maximum absolute atomic E-state index is 10.6. The van der Waals surface area contributed by atoms with Gasteiger partial charge >= 0.3 is 0 Å². The topological polar surface area (TPSA) is 57.4 Å². The second kappa shape index (κ2) is 10.9. The average Bonchev–Trinajstić information content (AvgIpc) is 3.67. The standard InChI is InChI=1S/C44H26N4/c45-27-29-12-1-2-14-34(29)31-24-32(26-33(25-31)47-40-20-7-3-15-36(40)37-16-4-8-21-41(37)47)35-19-11-13-30(28-46)44(35)48-42-22-9-5-17-38(42)39-18-6-10-23-43(39)48/h1-26H. The molecule has 0 fully saturated rings. The zero-order valence-electron chi connectivity index (χ0n) is 25.8. The molecule has 2 heterocycles. The van der Waals surface area contributed by atoms with Crippen molar-refractivity contribution < 1.29 is 0 Å². The van der Waals surface area contributed by atoms with Gasteiger partial charge in [-0.1, -0.05) is 103 Å². The summed E-state index contributed by atoms with van der Waals surface area (Å²) in [5.74, 6) is 0. The molecule has 0 aliphatic rings. The summed E-state index contributed by atoms with van der Waals surface area (Å²) in [6, 6.07) is 58.9. The summed E-state index contributed by atoms with van der Waals surface area (Å²) >= 11 is 0. The molecule has 0 amide bonds. The molecule has 48 heavy (non-hydrogen) atoms. The molecule has 4 heteroatoms. The average molecular weight is 611 g/mol. The highest BCUT2D eigenvalue weighted by Crippen LogP contribution is 2.41. The molecule has 0 radical (unpaired) electrons. The van der Waals surface area contributed by atoms with Crippen LogP contribution in [-0.2, 0) is 0 Å². The Bertz CT molecular complexity index is 2710. The Kier molecular flexibility index (Phi) is 6.22. The summed E-state index contributed by atoms with van der Waals surface area (Å²) in [5, 5.41) is 25.3. The molecule has 9 aromatic rings. The van der Waals surface area contributed by atoms with Gasteiger partial charge < -0.3 is 9.13 Å². The van der Waals surface area contributed by atoms with Crippen LogP contribution in [0.1, 0.15) is 11.1 Å². The van der Waals surface area contributed by atoms with E-state index in [1.54, 1.807) is 0 Å². The van der Waals surface area contributed by atoms with Crippen molar-refractivity contribution in [1.82, 2.24) is 9.13 Å². The minimum absolute atomic E-state index is 0.584. The van der Waals surface area contributed by atoms with E-state index >= 15 is 0 Å². The van der Waals surface area contributed by atoms with Crippen molar-refractivity contribution in [2.75, 3.05) is 0 Å². The highest BCUT2D eigenvalue weighted by molar-refractivity contribution is 6.11. The maximum Gasteiger partial charge on any atom is 0.101 e. The van der Waals surface area contributed by atoms with Crippen LogP contribution in [0, 0.1) is 22.7 Å². The van der Waals surface area contributed by atoms with Crippen molar-refractivity contribution in [3.05, 3.63) is 169 Å². The van der Waals surface area contributed by atoms with Crippen LogP contribution in [0.2, 0.25) is 0 Å². The Morgan fingerprint density at radius 1 is 0.375 bits per heavy atom. The van der Waals surface area contributed by atoms with E-state index < -0.39 is 0 Å². The minimum Gasteiger partial charge on any atom is -0.309 e. The second-order valence-electron chi connectivity index (χ2n) is 12.0. The number of aromatic nitrogens is 2. The fourth-order valence-corrected chi connectivity index (χ4v) is 7.36. The lowest BCUT2D eigenvalue weighted by atomic mass is 9.93. The Morgan fingerprint density at radius 3 is 1.33 bits per heavy atom. The van der Waals surface area contributed by atoms with Crippen LogP contribution in [0.15, 0.2) is 158 Å². The van der Waals surface area contributed by atoms with Crippen molar-refractivity contribution in [3.8, 4) is 45.8 Å². The van der Waals surface area contributed by atoms with Crippen molar-refractivity contribution in [2.45, 2.75) is 0 Å². The molecule has 7 aromatic carbocycles. The number of benzene rings is 7.